The first-order chi connectivity index (χ1) is 7.59. The first kappa shape index (κ1) is 12.8. The molecule has 1 aromatic carbocycles. The third-order valence-corrected chi connectivity index (χ3v) is 2.71. The highest BCUT2D eigenvalue weighted by Gasteiger charge is 2.07. The zero-order valence-corrected chi connectivity index (χ0v) is 10.5. The van der Waals surface area contributed by atoms with Gasteiger partial charge < -0.3 is 4.90 Å². The number of ketones is 1. The number of carbonyl (C=O) groups is 1. The summed E-state index contributed by atoms with van der Waals surface area (Å²) in [4.78, 5) is 12.3. The Labute approximate surface area is 98.3 Å². The Kier molecular flexibility index (Phi) is 5.03. The SMILES string of the molecule is Cc1ccc(N(C)C)cc1.O=C1CCCC1. The lowest BCUT2D eigenvalue weighted by Gasteiger charge is -2.11. The summed E-state index contributed by atoms with van der Waals surface area (Å²) in [5, 5.41) is 0. The molecule has 1 saturated carbocycles. The second kappa shape index (κ2) is 6.31. The van der Waals surface area contributed by atoms with E-state index in [-0.39, 0.29) is 0 Å². The lowest BCUT2D eigenvalue weighted by Crippen LogP contribution is -2.07. The van der Waals surface area contributed by atoms with E-state index in [1.165, 1.54) is 11.3 Å². The van der Waals surface area contributed by atoms with Gasteiger partial charge in [0, 0.05) is 32.6 Å². The Morgan fingerprint density at radius 2 is 1.50 bits per heavy atom. The summed E-state index contributed by atoms with van der Waals surface area (Å²) < 4.78 is 0. The number of rotatable bonds is 1. The van der Waals surface area contributed by atoms with Crippen LogP contribution >= 0.6 is 0 Å². The van der Waals surface area contributed by atoms with Gasteiger partial charge in [0.15, 0.2) is 0 Å². The van der Waals surface area contributed by atoms with Crippen LogP contribution in [0, 0.1) is 6.92 Å². The molecule has 1 aromatic rings. The minimum Gasteiger partial charge on any atom is -0.378 e. The zero-order valence-electron chi connectivity index (χ0n) is 10.5. The van der Waals surface area contributed by atoms with E-state index >= 15 is 0 Å². The monoisotopic (exact) mass is 219 g/mol. The first-order valence-electron chi connectivity index (χ1n) is 5.85. The molecule has 0 atom stereocenters. The van der Waals surface area contributed by atoms with Gasteiger partial charge in [-0.25, -0.2) is 0 Å². The molecule has 0 radical (unpaired) electrons. The number of carbonyl (C=O) groups excluding carboxylic acids is 1. The van der Waals surface area contributed by atoms with Crippen molar-refractivity contribution in [3.05, 3.63) is 29.8 Å². The molecule has 0 saturated heterocycles. The summed E-state index contributed by atoms with van der Waals surface area (Å²) in [6.45, 7) is 2.10. The summed E-state index contributed by atoms with van der Waals surface area (Å²) in [7, 11) is 4.09. The second-order valence-electron chi connectivity index (χ2n) is 4.48. The van der Waals surface area contributed by atoms with Crippen molar-refractivity contribution in [2.24, 2.45) is 0 Å². The quantitative estimate of drug-likeness (QED) is 0.723. The van der Waals surface area contributed by atoms with Crippen LogP contribution in [0.4, 0.5) is 5.69 Å². The maximum absolute atomic E-state index is 10.2. The Morgan fingerprint density at radius 3 is 1.81 bits per heavy atom. The van der Waals surface area contributed by atoms with Crippen LogP contribution in [-0.4, -0.2) is 19.9 Å². The van der Waals surface area contributed by atoms with E-state index in [1.807, 2.05) is 14.1 Å². The molecular weight excluding hydrogens is 198 g/mol. The molecule has 1 fully saturated rings. The number of anilines is 1. The van der Waals surface area contributed by atoms with Gasteiger partial charge in [0.2, 0.25) is 0 Å². The molecule has 0 N–H and O–H groups in total. The Balaban J connectivity index is 0.000000181. The van der Waals surface area contributed by atoms with Gasteiger partial charge in [-0.1, -0.05) is 17.7 Å². The van der Waals surface area contributed by atoms with Gasteiger partial charge in [0.1, 0.15) is 5.78 Å². The number of hydrogen-bond donors (Lipinski definition) is 0. The fourth-order valence-electron chi connectivity index (χ4n) is 1.61. The van der Waals surface area contributed by atoms with Crippen LogP contribution in [-0.2, 0) is 4.79 Å². The normalized spacial score (nSPS) is 14.3. The summed E-state index contributed by atoms with van der Waals surface area (Å²) in [5.41, 5.74) is 2.57. The van der Waals surface area contributed by atoms with Crippen LogP contribution in [0.15, 0.2) is 24.3 Å². The van der Waals surface area contributed by atoms with Crippen molar-refractivity contribution >= 4 is 11.5 Å². The Hall–Kier alpha value is -1.31. The predicted octanol–water partition coefficient (Wildman–Crippen LogP) is 3.19. The lowest BCUT2D eigenvalue weighted by atomic mass is 10.2. The Bertz CT molecular complexity index is 319. The average molecular weight is 219 g/mol. The molecule has 88 valence electrons. The average Bonchev–Trinajstić information content (AvgIpc) is 2.71. The van der Waals surface area contributed by atoms with Crippen LogP contribution in [0.5, 0.6) is 0 Å². The molecule has 1 aliphatic carbocycles. The fourth-order valence-corrected chi connectivity index (χ4v) is 1.61. The number of benzene rings is 1. The molecule has 16 heavy (non-hydrogen) atoms. The Morgan fingerprint density at radius 1 is 1.00 bits per heavy atom. The van der Waals surface area contributed by atoms with E-state index in [0.29, 0.717) is 5.78 Å². The van der Waals surface area contributed by atoms with Crippen molar-refractivity contribution in [2.45, 2.75) is 32.6 Å². The summed E-state index contributed by atoms with van der Waals surface area (Å²) >= 11 is 0. The van der Waals surface area contributed by atoms with Crippen LogP contribution in [0.2, 0.25) is 0 Å². The maximum Gasteiger partial charge on any atom is 0.132 e. The van der Waals surface area contributed by atoms with Crippen LogP contribution in [0.25, 0.3) is 0 Å². The molecule has 2 nitrogen and oxygen atoms in total. The number of Topliss-reactive ketones (excluding diaryl/α,β-unsaturated/α-hetero) is 1. The summed E-state index contributed by atoms with van der Waals surface area (Å²) in [6, 6.07) is 8.48. The van der Waals surface area contributed by atoms with Gasteiger partial charge in [0.05, 0.1) is 0 Å². The minimum atomic E-state index is 0.454. The predicted molar refractivity (Wildman–Crippen MR) is 69.0 cm³/mol. The van der Waals surface area contributed by atoms with Gasteiger partial charge in [-0.15, -0.1) is 0 Å². The van der Waals surface area contributed by atoms with E-state index in [2.05, 4.69) is 36.1 Å². The first-order valence-corrected chi connectivity index (χ1v) is 5.85. The molecule has 2 rings (SSSR count). The molecule has 2 heteroatoms. The highest BCUT2D eigenvalue weighted by Crippen LogP contribution is 2.11. The zero-order chi connectivity index (χ0) is 12.0. The van der Waals surface area contributed by atoms with Gasteiger partial charge in [-0.3, -0.25) is 4.79 Å². The maximum atomic E-state index is 10.2. The number of hydrogen-bond acceptors (Lipinski definition) is 2. The lowest BCUT2D eigenvalue weighted by molar-refractivity contribution is -0.117. The van der Waals surface area contributed by atoms with Gasteiger partial charge in [0.25, 0.3) is 0 Å². The van der Waals surface area contributed by atoms with E-state index in [9.17, 15) is 4.79 Å². The molecule has 0 amide bonds. The molecule has 0 unspecified atom stereocenters. The summed E-state index contributed by atoms with van der Waals surface area (Å²) in [6.07, 6.45) is 3.97. The van der Waals surface area contributed by atoms with E-state index in [4.69, 9.17) is 0 Å². The second-order valence-corrected chi connectivity index (χ2v) is 4.48. The molecule has 0 bridgehead atoms. The molecule has 0 heterocycles. The van der Waals surface area contributed by atoms with Crippen LogP contribution in [0.1, 0.15) is 31.2 Å². The van der Waals surface area contributed by atoms with E-state index < -0.39 is 0 Å². The van der Waals surface area contributed by atoms with Crippen molar-refractivity contribution in [1.29, 1.82) is 0 Å². The molecule has 0 aromatic heterocycles. The minimum absolute atomic E-state index is 0.454. The third kappa shape index (κ3) is 4.47. The standard InChI is InChI=1S/C9H13N.C5H8O/c1-8-4-6-9(7-5-8)10(2)3;6-5-3-1-2-4-5/h4-7H,1-3H3;1-4H2. The highest BCUT2D eigenvalue weighted by atomic mass is 16.1. The molecule has 0 aliphatic heterocycles. The van der Waals surface area contributed by atoms with Crippen molar-refractivity contribution < 1.29 is 4.79 Å². The van der Waals surface area contributed by atoms with Gasteiger partial charge >= 0.3 is 0 Å². The van der Waals surface area contributed by atoms with Crippen molar-refractivity contribution in [3.63, 3.8) is 0 Å². The number of nitrogens with zero attached hydrogens (tertiary/aromatic N) is 1. The van der Waals surface area contributed by atoms with Crippen molar-refractivity contribution in [2.75, 3.05) is 19.0 Å². The van der Waals surface area contributed by atoms with E-state index in [1.54, 1.807) is 0 Å². The van der Waals surface area contributed by atoms with Crippen LogP contribution in [0.3, 0.4) is 0 Å². The van der Waals surface area contributed by atoms with E-state index in [0.717, 1.165) is 25.7 Å². The summed E-state index contributed by atoms with van der Waals surface area (Å²) in [5.74, 6) is 0.454. The number of aryl methyl sites for hydroxylation is 1. The van der Waals surface area contributed by atoms with Gasteiger partial charge in [-0.05, 0) is 31.9 Å². The highest BCUT2D eigenvalue weighted by molar-refractivity contribution is 5.80. The smallest absolute Gasteiger partial charge is 0.132 e. The molecule has 1 aliphatic rings. The molecular formula is C14H21NO. The topological polar surface area (TPSA) is 20.3 Å². The van der Waals surface area contributed by atoms with Crippen LogP contribution < -0.4 is 4.90 Å². The van der Waals surface area contributed by atoms with Crippen molar-refractivity contribution in [3.8, 4) is 0 Å². The fraction of sp³-hybridized carbons (Fsp3) is 0.500. The third-order valence-electron chi connectivity index (χ3n) is 2.71. The molecule has 0 spiro atoms. The van der Waals surface area contributed by atoms with Gasteiger partial charge in [-0.2, -0.15) is 0 Å². The largest absolute Gasteiger partial charge is 0.378 e. The van der Waals surface area contributed by atoms with Crippen molar-refractivity contribution in [1.82, 2.24) is 0 Å².